The van der Waals surface area contributed by atoms with Crippen LogP contribution in [0.1, 0.15) is 37.5 Å². The van der Waals surface area contributed by atoms with Gasteiger partial charge in [0.05, 0.1) is 5.71 Å². The summed E-state index contributed by atoms with van der Waals surface area (Å²) in [6.45, 7) is 5.33. The fourth-order valence-electron chi connectivity index (χ4n) is 3.10. The monoisotopic (exact) mass is 421 g/mol. The van der Waals surface area contributed by atoms with Crippen LogP contribution in [0.5, 0.6) is 0 Å². The molecule has 160 valence electrons. The van der Waals surface area contributed by atoms with Crippen molar-refractivity contribution in [2.75, 3.05) is 0 Å². The third-order valence-corrected chi connectivity index (χ3v) is 4.47. The SMILES string of the molecule is CC(C)(C)OC(=O)C(Cc1ccc(F)c(F)c1)N=C(c1ccccc1)c1ccccc1. The van der Waals surface area contributed by atoms with Crippen LogP contribution in [0, 0.1) is 11.6 Å². The number of ether oxygens (including phenoxy) is 1. The first-order chi connectivity index (χ1) is 14.7. The molecule has 1 unspecified atom stereocenters. The molecule has 0 spiro atoms. The fourth-order valence-corrected chi connectivity index (χ4v) is 3.10. The maximum absolute atomic E-state index is 13.8. The number of hydrogen-bond acceptors (Lipinski definition) is 3. The van der Waals surface area contributed by atoms with E-state index in [1.54, 1.807) is 20.8 Å². The van der Waals surface area contributed by atoms with Crippen LogP contribution in [0.3, 0.4) is 0 Å². The van der Waals surface area contributed by atoms with E-state index >= 15 is 0 Å². The Morgan fingerprint density at radius 3 is 1.90 bits per heavy atom. The molecule has 0 bridgehead atoms. The summed E-state index contributed by atoms with van der Waals surface area (Å²) in [7, 11) is 0. The summed E-state index contributed by atoms with van der Waals surface area (Å²) in [5, 5.41) is 0. The summed E-state index contributed by atoms with van der Waals surface area (Å²) >= 11 is 0. The third-order valence-electron chi connectivity index (χ3n) is 4.47. The van der Waals surface area contributed by atoms with Gasteiger partial charge in [-0.2, -0.15) is 0 Å². The van der Waals surface area contributed by atoms with Gasteiger partial charge in [0.1, 0.15) is 5.60 Å². The summed E-state index contributed by atoms with van der Waals surface area (Å²) in [6, 6.07) is 21.7. The smallest absolute Gasteiger partial charge is 0.331 e. The lowest BCUT2D eigenvalue weighted by Crippen LogP contribution is -2.33. The van der Waals surface area contributed by atoms with Gasteiger partial charge in [0, 0.05) is 17.5 Å². The van der Waals surface area contributed by atoms with E-state index in [1.165, 1.54) is 6.07 Å². The maximum Gasteiger partial charge on any atom is 0.331 e. The highest BCUT2D eigenvalue weighted by molar-refractivity contribution is 6.13. The molecule has 0 aromatic heterocycles. The number of esters is 1. The fraction of sp³-hybridized carbons (Fsp3) is 0.231. The molecule has 3 aromatic carbocycles. The van der Waals surface area contributed by atoms with Gasteiger partial charge >= 0.3 is 5.97 Å². The van der Waals surface area contributed by atoms with Gasteiger partial charge < -0.3 is 4.74 Å². The lowest BCUT2D eigenvalue weighted by molar-refractivity contribution is -0.156. The van der Waals surface area contributed by atoms with Crippen LogP contribution in [0.15, 0.2) is 83.9 Å². The van der Waals surface area contributed by atoms with Crippen molar-refractivity contribution in [1.29, 1.82) is 0 Å². The van der Waals surface area contributed by atoms with E-state index in [0.717, 1.165) is 23.3 Å². The zero-order valence-electron chi connectivity index (χ0n) is 17.8. The minimum Gasteiger partial charge on any atom is -0.458 e. The Balaban J connectivity index is 2.07. The maximum atomic E-state index is 13.8. The van der Waals surface area contributed by atoms with Crippen LogP contribution in [0.2, 0.25) is 0 Å². The quantitative estimate of drug-likeness (QED) is 0.375. The topological polar surface area (TPSA) is 38.7 Å². The molecular weight excluding hydrogens is 396 g/mol. The van der Waals surface area contributed by atoms with Crippen molar-refractivity contribution in [3.8, 4) is 0 Å². The van der Waals surface area contributed by atoms with Crippen molar-refractivity contribution in [3.05, 3.63) is 107 Å². The lowest BCUT2D eigenvalue weighted by Gasteiger charge is -2.23. The molecule has 0 saturated heterocycles. The van der Waals surface area contributed by atoms with Gasteiger partial charge in [0.2, 0.25) is 0 Å². The summed E-state index contributed by atoms with van der Waals surface area (Å²) in [5.41, 5.74) is 2.05. The zero-order valence-corrected chi connectivity index (χ0v) is 17.8. The molecule has 0 N–H and O–H groups in total. The molecule has 0 heterocycles. The number of rotatable bonds is 6. The Labute approximate surface area is 181 Å². The van der Waals surface area contributed by atoms with E-state index in [-0.39, 0.29) is 6.42 Å². The van der Waals surface area contributed by atoms with Crippen LogP contribution in [0.4, 0.5) is 8.78 Å². The molecule has 0 aliphatic heterocycles. The van der Waals surface area contributed by atoms with Gasteiger partial charge in [0.15, 0.2) is 17.7 Å². The van der Waals surface area contributed by atoms with Crippen LogP contribution < -0.4 is 0 Å². The second-order valence-corrected chi connectivity index (χ2v) is 8.21. The third kappa shape index (κ3) is 6.32. The van der Waals surface area contributed by atoms with E-state index in [1.807, 2.05) is 60.7 Å². The standard InChI is InChI=1S/C26H25F2NO2/c1-26(2,3)31-25(30)23(17-18-14-15-21(27)22(28)16-18)29-24(19-10-6-4-7-11-19)20-12-8-5-9-13-20/h4-16,23H,17H2,1-3H3. The van der Waals surface area contributed by atoms with Crippen molar-refractivity contribution in [3.63, 3.8) is 0 Å². The molecule has 3 aromatic rings. The normalized spacial score (nSPS) is 12.2. The van der Waals surface area contributed by atoms with Crippen LogP contribution in [-0.4, -0.2) is 23.3 Å². The second-order valence-electron chi connectivity index (χ2n) is 8.21. The van der Waals surface area contributed by atoms with Crippen LogP contribution in [0.25, 0.3) is 0 Å². The van der Waals surface area contributed by atoms with Gasteiger partial charge in [0.25, 0.3) is 0 Å². The van der Waals surface area contributed by atoms with Gasteiger partial charge in [-0.25, -0.2) is 13.6 Å². The highest BCUT2D eigenvalue weighted by Crippen LogP contribution is 2.19. The summed E-state index contributed by atoms with van der Waals surface area (Å²) in [4.78, 5) is 17.8. The molecular formula is C26H25F2NO2. The number of benzene rings is 3. The molecule has 3 rings (SSSR count). The van der Waals surface area contributed by atoms with E-state index in [0.29, 0.717) is 11.3 Å². The van der Waals surface area contributed by atoms with Crippen molar-refractivity contribution < 1.29 is 18.3 Å². The number of hydrogen-bond donors (Lipinski definition) is 0. The first-order valence-corrected chi connectivity index (χ1v) is 10.1. The second kappa shape index (κ2) is 9.65. The minimum absolute atomic E-state index is 0.0787. The Kier molecular flexibility index (Phi) is 6.95. The summed E-state index contributed by atoms with van der Waals surface area (Å²) < 4.78 is 32.7. The summed E-state index contributed by atoms with van der Waals surface area (Å²) in [5.74, 6) is -2.42. The zero-order chi connectivity index (χ0) is 22.4. The Bertz CT molecular complexity index is 1020. The number of carbonyl (C=O) groups is 1. The average molecular weight is 421 g/mol. The first kappa shape index (κ1) is 22.3. The van der Waals surface area contributed by atoms with Gasteiger partial charge in [-0.15, -0.1) is 0 Å². The van der Waals surface area contributed by atoms with Gasteiger partial charge in [-0.1, -0.05) is 66.7 Å². The lowest BCUT2D eigenvalue weighted by atomic mass is 10.0. The molecule has 5 heteroatoms. The Hall–Kier alpha value is -3.34. The van der Waals surface area contributed by atoms with E-state index in [2.05, 4.69) is 0 Å². The van der Waals surface area contributed by atoms with Crippen molar-refractivity contribution in [2.45, 2.75) is 38.8 Å². The number of aliphatic imine (C=N–C) groups is 1. The van der Waals surface area contributed by atoms with Gasteiger partial charge in [-0.3, -0.25) is 4.99 Å². The molecule has 31 heavy (non-hydrogen) atoms. The van der Waals surface area contributed by atoms with Crippen molar-refractivity contribution >= 4 is 11.7 Å². The van der Waals surface area contributed by atoms with E-state index in [4.69, 9.17) is 9.73 Å². The predicted octanol–water partition coefficient (Wildman–Crippen LogP) is 5.76. The molecule has 0 amide bonds. The molecule has 0 radical (unpaired) electrons. The largest absolute Gasteiger partial charge is 0.458 e. The molecule has 0 saturated carbocycles. The van der Waals surface area contributed by atoms with Crippen molar-refractivity contribution in [2.24, 2.45) is 4.99 Å². The molecule has 3 nitrogen and oxygen atoms in total. The Morgan fingerprint density at radius 1 is 0.871 bits per heavy atom. The summed E-state index contributed by atoms with van der Waals surface area (Å²) in [6.07, 6.45) is 0.0787. The average Bonchev–Trinajstić information content (AvgIpc) is 2.73. The number of halogens is 2. The number of nitrogens with zero attached hydrogens (tertiary/aromatic N) is 1. The van der Waals surface area contributed by atoms with E-state index < -0.39 is 29.2 Å². The predicted molar refractivity (Wildman–Crippen MR) is 118 cm³/mol. The highest BCUT2D eigenvalue weighted by Gasteiger charge is 2.26. The molecule has 0 aliphatic rings. The Morgan fingerprint density at radius 2 is 1.42 bits per heavy atom. The highest BCUT2D eigenvalue weighted by atomic mass is 19.2. The molecule has 0 fully saturated rings. The van der Waals surface area contributed by atoms with Crippen LogP contribution >= 0.6 is 0 Å². The molecule has 0 aliphatic carbocycles. The molecule has 1 atom stereocenters. The van der Waals surface area contributed by atoms with Gasteiger partial charge in [-0.05, 0) is 38.5 Å². The number of carbonyl (C=O) groups excluding carboxylic acids is 1. The first-order valence-electron chi connectivity index (χ1n) is 10.1. The van der Waals surface area contributed by atoms with Crippen LogP contribution in [-0.2, 0) is 16.0 Å². The minimum atomic E-state index is -0.962. The van der Waals surface area contributed by atoms with E-state index in [9.17, 15) is 13.6 Å². The van der Waals surface area contributed by atoms with Crippen molar-refractivity contribution in [1.82, 2.24) is 0 Å².